The SMILES string of the molecule is Cc1ccc(Oc2ccc(OCCNC(C)C)cc2)cc1. The summed E-state index contributed by atoms with van der Waals surface area (Å²) in [4.78, 5) is 0. The number of ether oxygens (including phenoxy) is 2. The summed E-state index contributed by atoms with van der Waals surface area (Å²) in [6.07, 6.45) is 0. The molecule has 0 aliphatic rings. The van der Waals surface area contributed by atoms with Crippen LogP contribution in [0.2, 0.25) is 0 Å². The first-order chi connectivity index (χ1) is 10.1. The van der Waals surface area contributed by atoms with Crippen molar-refractivity contribution < 1.29 is 9.47 Å². The highest BCUT2D eigenvalue weighted by Crippen LogP contribution is 2.23. The Morgan fingerprint density at radius 1 is 0.857 bits per heavy atom. The van der Waals surface area contributed by atoms with E-state index in [1.807, 2.05) is 48.5 Å². The first-order valence-corrected chi connectivity index (χ1v) is 7.34. The molecule has 3 heteroatoms. The quantitative estimate of drug-likeness (QED) is 0.775. The molecule has 0 saturated carbocycles. The van der Waals surface area contributed by atoms with Gasteiger partial charge in [0.1, 0.15) is 23.9 Å². The first kappa shape index (κ1) is 15.4. The predicted molar refractivity (Wildman–Crippen MR) is 86.3 cm³/mol. The van der Waals surface area contributed by atoms with Gasteiger partial charge in [0.15, 0.2) is 0 Å². The van der Waals surface area contributed by atoms with Crippen molar-refractivity contribution in [2.75, 3.05) is 13.2 Å². The van der Waals surface area contributed by atoms with E-state index in [1.165, 1.54) is 5.56 Å². The second-order valence-corrected chi connectivity index (χ2v) is 5.34. The van der Waals surface area contributed by atoms with Crippen molar-refractivity contribution in [3.05, 3.63) is 54.1 Å². The minimum absolute atomic E-state index is 0.485. The van der Waals surface area contributed by atoms with Gasteiger partial charge >= 0.3 is 0 Å². The zero-order valence-electron chi connectivity index (χ0n) is 12.9. The number of nitrogens with one attached hydrogen (secondary N) is 1. The lowest BCUT2D eigenvalue weighted by molar-refractivity contribution is 0.308. The van der Waals surface area contributed by atoms with Crippen LogP contribution in [0.5, 0.6) is 17.2 Å². The third-order valence-electron chi connectivity index (χ3n) is 3.00. The maximum absolute atomic E-state index is 5.78. The fraction of sp³-hybridized carbons (Fsp3) is 0.333. The summed E-state index contributed by atoms with van der Waals surface area (Å²) in [5.74, 6) is 2.51. The lowest BCUT2D eigenvalue weighted by Gasteiger charge is -2.10. The molecule has 3 nitrogen and oxygen atoms in total. The van der Waals surface area contributed by atoms with E-state index < -0.39 is 0 Å². The minimum Gasteiger partial charge on any atom is -0.492 e. The summed E-state index contributed by atoms with van der Waals surface area (Å²) in [6.45, 7) is 7.81. The Kier molecular flexibility index (Phi) is 5.64. The Labute approximate surface area is 126 Å². The van der Waals surface area contributed by atoms with E-state index in [-0.39, 0.29) is 0 Å². The topological polar surface area (TPSA) is 30.5 Å². The van der Waals surface area contributed by atoms with Gasteiger partial charge in [0.2, 0.25) is 0 Å². The van der Waals surface area contributed by atoms with Crippen molar-refractivity contribution in [1.82, 2.24) is 5.32 Å². The van der Waals surface area contributed by atoms with E-state index in [0.29, 0.717) is 12.6 Å². The molecule has 1 N–H and O–H groups in total. The van der Waals surface area contributed by atoms with E-state index >= 15 is 0 Å². The molecule has 0 atom stereocenters. The van der Waals surface area contributed by atoms with Crippen molar-refractivity contribution in [1.29, 1.82) is 0 Å². The van der Waals surface area contributed by atoms with E-state index in [4.69, 9.17) is 9.47 Å². The van der Waals surface area contributed by atoms with Crippen LogP contribution in [0, 0.1) is 6.92 Å². The fourth-order valence-corrected chi connectivity index (χ4v) is 1.86. The molecule has 2 rings (SSSR count). The highest BCUT2D eigenvalue weighted by atomic mass is 16.5. The largest absolute Gasteiger partial charge is 0.492 e. The number of benzene rings is 2. The van der Waals surface area contributed by atoms with Crippen molar-refractivity contribution in [3.63, 3.8) is 0 Å². The van der Waals surface area contributed by atoms with Gasteiger partial charge in [-0.2, -0.15) is 0 Å². The maximum atomic E-state index is 5.78. The Hall–Kier alpha value is -2.00. The van der Waals surface area contributed by atoms with Crippen LogP contribution in [0.1, 0.15) is 19.4 Å². The van der Waals surface area contributed by atoms with Crippen LogP contribution in [0.25, 0.3) is 0 Å². The highest BCUT2D eigenvalue weighted by molar-refractivity contribution is 5.36. The predicted octanol–water partition coefficient (Wildman–Crippen LogP) is 4.16. The number of aryl methyl sites for hydroxylation is 1. The molecule has 0 radical (unpaired) electrons. The molecule has 0 heterocycles. The second-order valence-electron chi connectivity index (χ2n) is 5.34. The first-order valence-electron chi connectivity index (χ1n) is 7.34. The highest BCUT2D eigenvalue weighted by Gasteiger charge is 1.99. The average Bonchev–Trinajstić information content (AvgIpc) is 2.47. The minimum atomic E-state index is 0.485. The lowest BCUT2D eigenvalue weighted by Crippen LogP contribution is -2.27. The molecule has 0 spiro atoms. The van der Waals surface area contributed by atoms with Gasteiger partial charge in [0.25, 0.3) is 0 Å². The third kappa shape index (κ3) is 5.48. The van der Waals surface area contributed by atoms with E-state index in [2.05, 4.69) is 26.1 Å². The van der Waals surface area contributed by atoms with Crippen molar-refractivity contribution in [2.24, 2.45) is 0 Å². The number of hydrogen-bond acceptors (Lipinski definition) is 3. The van der Waals surface area contributed by atoms with Gasteiger partial charge in [-0.3, -0.25) is 0 Å². The Morgan fingerprint density at radius 3 is 1.95 bits per heavy atom. The summed E-state index contributed by atoms with van der Waals surface area (Å²) in [5.41, 5.74) is 1.22. The number of hydrogen-bond donors (Lipinski definition) is 1. The van der Waals surface area contributed by atoms with Crippen LogP contribution in [-0.4, -0.2) is 19.2 Å². The molecule has 21 heavy (non-hydrogen) atoms. The third-order valence-corrected chi connectivity index (χ3v) is 3.00. The van der Waals surface area contributed by atoms with Crippen LogP contribution in [0.3, 0.4) is 0 Å². The van der Waals surface area contributed by atoms with Crippen molar-refractivity contribution >= 4 is 0 Å². The zero-order valence-corrected chi connectivity index (χ0v) is 12.9. The van der Waals surface area contributed by atoms with Crippen LogP contribution >= 0.6 is 0 Å². The van der Waals surface area contributed by atoms with Crippen LogP contribution < -0.4 is 14.8 Å². The summed E-state index contributed by atoms with van der Waals surface area (Å²) < 4.78 is 11.4. The molecule has 0 fully saturated rings. The molecule has 0 saturated heterocycles. The summed E-state index contributed by atoms with van der Waals surface area (Å²) in [7, 11) is 0. The van der Waals surface area contributed by atoms with Gasteiger partial charge in [-0.05, 0) is 43.3 Å². The Balaban J connectivity index is 1.82. The second kappa shape index (κ2) is 7.70. The van der Waals surface area contributed by atoms with E-state index in [0.717, 1.165) is 23.8 Å². The molecular weight excluding hydrogens is 262 g/mol. The maximum Gasteiger partial charge on any atom is 0.127 e. The van der Waals surface area contributed by atoms with Gasteiger partial charge in [-0.1, -0.05) is 31.5 Å². The molecule has 0 amide bonds. The van der Waals surface area contributed by atoms with E-state index in [9.17, 15) is 0 Å². The normalized spacial score (nSPS) is 10.7. The molecule has 0 aromatic heterocycles. The van der Waals surface area contributed by atoms with Crippen molar-refractivity contribution in [2.45, 2.75) is 26.8 Å². The van der Waals surface area contributed by atoms with E-state index in [1.54, 1.807) is 0 Å². The van der Waals surface area contributed by atoms with Gasteiger partial charge in [0, 0.05) is 12.6 Å². The Morgan fingerprint density at radius 2 is 1.38 bits per heavy atom. The molecule has 112 valence electrons. The summed E-state index contributed by atoms with van der Waals surface area (Å²) in [6, 6.07) is 16.2. The Bertz CT molecular complexity index is 532. The smallest absolute Gasteiger partial charge is 0.127 e. The molecule has 0 bridgehead atoms. The summed E-state index contributed by atoms with van der Waals surface area (Å²) >= 11 is 0. The molecule has 0 unspecified atom stereocenters. The van der Waals surface area contributed by atoms with Gasteiger partial charge in [-0.25, -0.2) is 0 Å². The van der Waals surface area contributed by atoms with Crippen LogP contribution in [-0.2, 0) is 0 Å². The van der Waals surface area contributed by atoms with Crippen LogP contribution in [0.15, 0.2) is 48.5 Å². The fourth-order valence-electron chi connectivity index (χ4n) is 1.86. The lowest BCUT2D eigenvalue weighted by atomic mass is 10.2. The monoisotopic (exact) mass is 285 g/mol. The van der Waals surface area contributed by atoms with Gasteiger partial charge in [-0.15, -0.1) is 0 Å². The van der Waals surface area contributed by atoms with Gasteiger partial charge in [0.05, 0.1) is 0 Å². The molecule has 2 aromatic carbocycles. The zero-order chi connectivity index (χ0) is 15.1. The van der Waals surface area contributed by atoms with Gasteiger partial charge < -0.3 is 14.8 Å². The molecule has 2 aromatic rings. The molecule has 0 aliphatic heterocycles. The molecular formula is C18H23NO2. The standard InChI is InChI=1S/C18H23NO2/c1-14(2)19-12-13-20-16-8-10-18(11-9-16)21-17-6-4-15(3)5-7-17/h4-11,14,19H,12-13H2,1-3H3. The van der Waals surface area contributed by atoms with Crippen molar-refractivity contribution in [3.8, 4) is 17.2 Å². The average molecular weight is 285 g/mol. The molecule has 0 aliphatic carbocycles. The van der Waals surface area contributed by atoms with Crippen LogP contribution in [0.4, 0.5) is 0 Å². The number of rotatable bonds is 7. The summed E-state index contributed by atoms with van der Waals surface area (Å²) in [5, 5.41) is 3.31.